The van der Waals surface area contributed by atoms with Gasteiger partial charge in [0, 0.05) is 5.56 Å². The lowest BCUT2D eigenvalue weighted by Crippen LogP contribution is -2.43. The van der Waals surface area contributed by atoms with Gasteiger partial charge in [0.15, 0.2) is 6.04 Å². The Morgan fingerprint density at radius 1 is 1.37 bits per heavy atom. The summed E-state index contributed by atoms with van der Waals surface area (Å²) in [4.78, 5) is 22.2. The fourth-order valence-corrected chi connectivity index (χ4v) is 1.24. The number of aliphatic hydroxyl groups is 1. The summed E-state index contributed by atoms with van der Waals surface area (Å²) in [5.74, 6) is -2.45. The first-order valence-corrected chi connectivity index (χ1v) is 5.13. The average Bonchev–Trinajstić information content (AvgIpc) is 2.34. The molecule has 19 heavy (non-hydrogen) atoms. The Morgan fingerprint density at radius 2 is 2.05 bits per heavy atom. The number of rotatable bonds is 6. The summed E-state index contributed by atoms with van der Waals surface area (Å²) in [5, 5.41) is 19.4. The Balaban J connectivity index is 2.79. The second-order valence-electron chi connectivity index (χ2n) is 3.45. The van der Waals surface area contributed by atoms with Crippen LogP contribution in [0.25, 0.3) is 0 Å². The summed E-state index contributed by atoms with van der Waals surface area (Å²) in [5.41, 5.74) is -0.0575. The van der Waals surface area contributed by atoms with Crippen LogP contribution < -0.4 is 10.1 Å². The largest absolute Gasteiger partial charge is 0.480 e. The van der Waals surface area contributed by atoms with Crippen LogP contribution in [0.4, 0.5) is 8.78 Å². The van der Waals surface area contributed by atoms with Crippen LogP contribution in [0, 0.1) is 0 Å². The van der Waals surface area contributed by atoms with E-state index in [9.17, 15) is 18.4 Å². The Bertz CT molecular complexity index is 466. The van der Waals surface area contributed by atoms with Gasteiger partial charge in [-0.3, -0.25) is 4.79 Å². The maximum absolute atomic E-state index is 12.0. The summed E-state index contributed by atoms with van der Waals surface area (Å²) in [6.07, 6.45) is 0. The molecule has 1 rings (SSSR count). The van der Waals surface area contributed by atoms with Crippen molar-refractivity contribution in [1.29, 1.82) is 0 Å². The minimum absolute atomic E-state index is 0.0575. The predicted molar refractivity (Wildman–Crippen MR) is 59.0 cm³/mol. The minimum Gasteiger partial charge on any atom is -0.480 e. The third-order valence-electron chi connectivity index (χ3n) is 2.11. The summed E-state index contributed by atoms with van der Waals surface area (Å²) < 4.78 is 28.1. The molecule has 0 aliphatic heterocycles. The topological polar surface area (TPSA) is 95.9 Å². The van der Waals surface area contributed by atoms with Crippen molar-refractivity contribution in [2.24, 2.45) is 0 Å². The van der Waals surface area contributed by atoms with Crippen LogP contribution in [-0.2, 0) is 4.79 Å². The van der Waals surface area contributed by atoms with Crippen LogP contribution in [0.1, 0.15) is 10.4 Å². The number of carboxylic acids is 1. The molecule has 0 bridgehead atoms. The van der Waals surface area contributed by atoms with E-state index in [1.807, 2.05) is 5.32 Å². The molecular formula is C11H11F2NO5. The van der Waals surface area contributed by atoms with E-state index in [1.54, 1.807) is 0 Å². The Labute approximate surface area is 106 Å². The molecule has 0 fully saturated rings. The van der Waals surface area contributed by atoms with E-state index in [4.69, 9.17) is 10.2 Å². The van der Waals surface area contributed by atoms with E-state index in [0.717, 1.165) is 6.07 Å². The second kappa shape index (κ2) is 6.64. The second-order valence-corrected chi connectivity index (χ2v) is 3.45. The number of nitrogens with one attached hydrogen (secondary N) is 1. The van der Waals surface area contributed by atoms with Gasteiger partial charge in [-0.2, -0.15) is 8.78 Å². The maximum Gasteiger partial charge on any atom is 0.387 e. The minimum atomic E-state index is -3.03. The summed E-state index contributed by atoms with van der Waals surface area (Å²) >= 11 is 0. The highest BCUT2D eigenvalue weighted by atomic mass is 19.3. The zero-order valence-electron chi connectivity index (χ0n) is 9.55. The molecule has 0 aromatic heterocycles. The Morgan fingerprint density at radius 3 is 2.58 bits per heavy atom. The van der Waals surface area contributed by atoms with Crippen LogP contribution in [0.15, 0.2) is 24.3 Å². The number of carbonyl (C=O) groups excluding carboxylic acids is 1. The molecule has 6 nitrogen and oxygen atoms in total. The molecule has 0 heterocycles. The smallest absolute Gasteiger partial charge is 0.387 e. The number of halogens is 2. The number of aliphatic carboxylic acids is 1. The van der Waals surface area contributed by atoms with E-state index in [0.29, 0.717) is 0 Å². The lowest BCUT2D eigenvalue weighted by atomic mass is 10.2. The summed E-state index contributed by atoms with van der Waals surface area (Å²) in [7, 11) is 0. The highest BCUT2D eigenvalue weighted by Crippen LogP contribution is 2.15. The number of carbonyl (C=O) groups is 2. The standard InChI is InChI=1S/C11H11F2NO5/c12-11(13)19-7-3-1-2-6(4-7)9(16)14-8(5-15)10(17)18/h1-4,8,11,15H,5H2,(H,14,16)(H,17,18). The molecule has 1 unspecified atom stereocenters. The molecule has 0 spiro atoms. The quantitative estimate of drug-likeness (QED) is 0.701. The number of aliphatic hydroxyl groups excluding tert-OH is 1. The van der Waals surface area contributed by atoms with Gasteiger partial charge in [-0.15, -0.1) is 0 Å². The van der Waals surface area contributed by atoms with Gasteiger partial charge in [0.05, 0.1) is 6.61 Å². The molecule has 0 radical (unpaired) electrons. The van der Waals surface area contributed by atoms with E-state index in [1.165, 1.54) is 18.2 Å². The van der Waals surface area contributed by atoms with Crippen LogP contribution in [-0.4, -0.2) is 41.3 Å². The van der Waals surface area contributed by atoms with E-state index in [2.05, 4.69) is 4.74 Å². The average molecular weight is 275 g/mol. The van der Waals surface area contributed by atoms with Gasteiger partial charge in [0.25, 0.3) is 5.91 Å². The van der Waals surface area contributed by atoms with Crippen molar-refractivity contribution in [3.05, 3.63) is 29.8 Å². The van der Waals surface area contributed by atoms with E-state index in [-0.39, 0.29) is 11.3 Å². The van der Waals surface area contributed by atoms with Crippen LogP contribution in [0.5, 0.6) is 5.75 Å². The number of hydrogen-bond acceptors (Lipinski definition) is 4. The monoisotopic (exact) mass is 275 g/mol. The lowest BCUT2D eigenvalue weighted by Gasteiger charge is -2.12. The third-order valence-corrected chi connectivity index (χ3v) is 2.11. The van der Waals surface area contributed by atoms with Crippen LogP contribution >= 0.6 is 0 Å². The van der Waals surface area contributed by atoms with Crippen molar-refractivity contribution in [3.63, 3.8) is 0 Å². The Hall–Kier alpha value is -2.22. The van der Waals surface area contributed by atoms with Crippen molar-refractivity contribution in [1.82, 2.24) is 5.32 Å². The number of hydrogen-bond donors (Lipinski definition) is 3. The SMILES string of the molecule is O=C(NC(CO)C(=O)O)c1cccc(OC(F)F)c1. The zero-order chi connectivity index (χ0) is 14.4. The number of amides is 1. The number of alkyl halides is 2. The molecule has 0 saturated carbocycles. The van der Waals surface area contributed by atoms with Gasteiger partial charge in [0.1, 0.15) is 5.75 Å². The van der Waals surface area contributed by atoms with Crippen molar-refractivity contribution < 1.29 is 33.3 Å². The number of benzene rings is 1. The fraction of sp³-hybridized carbons (Fsp3) is 0.273. The van der Waals surface area contributed by atoms with E-state index < -0.39 is 31.1 Å². The first-order valence-electron chi connectivity index (χ1n) is 5.13. The first-order chi connectivity index (χ1) is 8.93. The summed E-state index contributed by atoms with van der Waals surface area (Å²) in [6.45, 7) is -3.81. The molecule has 104 valence electrons. The van der Waals surface area contributed by atoms with E-state index >= 15 is 0 Å². The predicted octanol–water partition coefficient (Wildman–Crippen LogP) is 0.463. The van der Waals surface area contributed by atoms with Gasteiger partial charge in [-0.25, -0.2) is 4.79 Å². The highest BCUT2D eigenvalue weighted by molar-refractivity contribution is 5.96. The van der Waals surface area contributed by atoms with Crippen LogP contribution in [0.2, 0.25) is 0 Å². The molecule has 1 amide bonds. The lowest BCUT2D eigenvalue weighted by molar-refractivity contribution is -0.140. The van der Waals surface area contributed by atoms with Gasteiger partial charge < -0.3 is 20.3 Å². The zero-order valence-corrected chi connectivity index (χ0v) is 9.55. The van der Waals surface area contributed by atoms with Crippen molar-refractivity contribution in [2.75, 3.05) is 6.61 Å². The first kappa shape index (κ1) is 14.8. The van der Waals surface area contributed by atoms with Gasteiger partial charge >= 0.3 is 12.6 Å². The fourth-order valence-electron chi connectivity index (χ4n) is 1.24. The van der Waals surface area contributed by atoms with Gasteiger partial charge in [-0.1, -0.05) is 6.07 Å². The molecule has 8 heteroatoms. The molecule has 0 aliphatic carbocycles. The highest BCUT2D eigenvalue weighted by Gasteiger charge is 2.19. The Kier molecular flexibility index (Phi) is 5.19. The number of carboxylic acid groups (broad SMARTS) is 1. The molecule has 1 aromatic rings. The molecule has 1 aromatic carbocycles. The third kappa shape index (κ3) is 4.51. The van der Waals surface area contributed by atoms with Gasteiger partial charge in [0.2, 0.25) is 0 Å². The van der Waals surface area contributed by atoms with Crippen molar-refractivity contribution in [2.45, 2.75) is 12.7 Å². The maximum atomic E-state index is 12.0. The molecule has 0 aliphatic rings. The van der Waals surface area contributed by atoms with Crippen molar-refractivity contribution >= 4 is 11.9 Å². The van der Waals surface area contributed by atoms with Gasteiger partial charge in [-0.05, 0) is 18.2 Å². The summed E-state index contributed by atoms with van der Waals surface area (Å²) in [6, 6.07) is 3.40. The molecular weight excluding hydrogens is 264 g/mol. The molecule has 1 atom stereocenters. The van der Waals surface area contributed by atoms with Crippen LogP contribution in [0.3, 0.4) is 0 Å². The van der Waals surface area contributed by atoms with Crippen molar-refractivity contribution in [3.8, 4) is 5.75 Å². The normalized spacial score (nSPS) is 12.0. The molecule has 3 N–H and O–H groups in total. The molecule has 0 saturated heterocycles. The number of ether oxygens (including phenoxy) is 1.